The zero-order valence-corrected chi connectivity index (χ0v) is 11.7. The van der Waals surface area contributed by atoms with Gasteiger partial charge in [-0.1, -0.05) is 30.7 Å². The zero-order chi connectivity index (χ0) is 12.7. The lowest BCUT2D eigenvalue weighted by atomic mass is 9.92. The van der Waals surface area contributed by atoms with E-state index in [0.29, 0.717) is 12.0 Å². The minimum atomic E-state index is 0.328. The molecule has 2 atom stereocenters. The van der Waals surface area contributed by atoms with Gasteiger partial charge in [-0.3, -0.25) is 4.90 Å². The molecule has 96 valence electrons. The third kappa shape index (κ3) is 1.88. The molecule has 2 aliphatic heterocycles. The van der Waals surface area contributed by atoms with Crippen molar-refractivity contribution >= 4 is 22.5 Å². The highest BCUT2D eigenvalue weighted by molar-refractivity contribution is 6.67. The van der Waals surface area contributed by atoms with Crippen LogP contribution in [0.25, 0.3) is 0 Å². The van der Waals surface area contributed by atoms with Crippen LogP contribution in [0.1, 0.15) is 43.7 Å². The van der Waals surface area contributed by atoms with Crippen LogP contribution >= 0.6 is 11.6 Å². The molecule has 1 aromatic rings. The summed E-state index contributed by atoms with van der Waals surface area (Å²) in [6.07, 6.45) is 2.29. The van der Waals surface area contributed by atoms with Crippen molar-refractivity contribution in [1.29, 1.82) is 0 Å². The summed E-state index contributed by atoms with van der Waals surface area (Å²) in [6.45, 7) is 6.75. The molecule has 0 amide bonds. The van der Waals surface area contributed by atoms with E-state index in [0.717, 1.165) is 30.4 Å². The fourth-order valence-electron chi connectivity index (χ4n) is 3.22. The third-order valence-corrected chi connectivity index (χ3v) is 4.47. The summed E-state index contributed by atoms with van der Waals surface area (Å²) in [5, 5.41) is 0.780. The second kappa shape index (κ2) is 4.67. The van der Waals surface area contributed by atoms with Crippen molar-refractivity contribution in [3.05, 3.63) is 29.3 Å². The molecule has 0 radical (unpaired) electrons. The SMILES string of the molecule is CCCN1Cc2cccc3c2C(CC1C)C(Cl)=N3. The van der Waals surface area contributed by atoms with Gasteiger partial charge in [0.15, 0.2) is 0 Å². The predicted octanol–water partition coefficient (Wildman–Crippen LogP) is 4.06. The monoisotopic (exact) mass is 262 g/mol. The summed E-state index contributed by atoms with van der Waals surface area (Å²) in [5.74, 6) is 0.328. The lowest BCUT2D eigenvalue weighted by Crippen LogP contribution is -2.32. The molecule has 18 heavy (non-hydrogen) atoms. The number of hydrogen-bond acceptors (Lipinski definition) is 2. The van der Waals surface area contributed by atoms with E-state index in [4.69, 9.17) is 11.6 Å². The lowest BCUT2D eigenvalue weighted by Gasteiger charge is -2.27. The van der Waals surface area contributed by atoms with Gasteiger partial charge in [0.2, 0.25) is 0 Å². The molecule has 2 unspecified atom stereocenters. The van der Waals surface area contributed by atoms with E-state index in [1.54, 1.807) is 0 Å². The van der Waals surface area contributed by atoms with Gasteiger partial charge in [-0.05, 0) is 43.5 Å². The number of aliphatic imine (C=N–C) groups is 1. The van der Waals surface area contributed by atoms with Crippen LogP contribution < -0.4 is 0 Å². The minimum absolute atomic E-state index is 0.328. The van der Waals surface area contributed by atoms with Gasteiger partial charge < -0.3 is 0 Å². The van der Waals surface area contributed by atoms with Crippen molar-refractivity contribution in [3.8, 4) is 0 Å². The predicted molar refractivity (Wildman–Crippen MR) is 76.9 cm³/mol. The molecule has 0 saturated heterocycles. The van der Waals surface area contributed by atoms with Gasteiger partial charge in [0, 0.05) is 18.5 Å². The highest BCUT2D eigenvalue weighted by Crippen LogP contribution is 2.44. The molecular weight excluding hydrogens is 244 g/mol. The zero-order valence-electron chi connectivity index (χ0n) is 11.0. The Morgan fingerprint density at radius 2 is 2.28 bits per heavy atom. The average Bonchev–Trinajstić information content (AvgIpc) is 2.57. The molecule has 0 aliphatic carbocycles. The van der Waals surface area contributed by atoms with Crippen molar-refractivity contribution in [2.24, 2.45) is 4.99 Å². The Kier molecular flexibility index (Phi) is 3.16. The molecule has 0 spiro atoms. The van der Waals surface area contributed by atoms with E-state index >= 15 is 0 Å². The first-order valence-corrected chi connectivity index (χ1v) is 7.18. The molecule has 0 N–H and O–H groups in total. The van der Waals surface area contributed by atoms with Gasteiger partial charge in [0.1, 0.15) is 5.17 Å². The normalized spacial score (nSPS) is 26.7. The molecule has 0 saturated carbocycles. The van der Waals surface area contributed by atoms with Crippen molar-refractivity contribution in [2.75, 3.05) is 6.54 Å². The van der Waals surface area contributed by atoms with E-state index in [9.17, 15) is 0 Å². The van der Waals surface area contributed by atoms with E-state index < -0.39 is 0 Å². The Hall–Kier alpha value is -0.860. The van der Waals surface area contributed by atoms with E-state index in [1.165, 1.54) is 17.5 Å². The van der Waals surface area contributed by atoms with Crippen molar-refractivity contribution in [2.45, 2.75) is 45.2 Å². The Balaban J connectivity index is 2.03. The Morgan fingerprint density at radius 1 is 1.44 bits per heavy atom. The summed E-state index contributed by atoms with van der Waals surface area (Å²) in [4.78, 5) is 7.08. The summed E-state index contributed by atoms with van der Waals surface area (Å²) >= 11 is 6.34. The summed E-state index contributed by atoms with van der Waals surface area (Å²) in [7, 11) is 0. The van der Waals surface area contributed by atoms with Gasteiger partial charge in [-0.2, -0.15) is 0 Å². The molecular formula is C15H19ClN2. The highest BCUT2D eigenvalue weighted by atomic mass is 35.5. The minimum Gasteiger partial charge on any atom is -0.296 e. The largest absolute Gasteiger partial charge is 0.296 e. The van der Waals surface area contributed by atoms with Crippen LogP contribution in [-0.2, 0) is 6.54 Å². The topological polar surface area (TPSA) is 15.6 Å². The second-order valence-electron chi connectivity index (χ2n) is 5.39. The molecule has 2 heterocycles. The molecule has 0 fully saturated rings. The fourth-order valence-corrected chi connectivity index (χ4v) is 3.51. The highest BCUT2D eigenvalue weighted by Gasteiger charge is 2.34. The number of hydrogen-bond donors (Lipinski definition) is 0. The molecule has 3 rings (SSSR count). The Labute approximate surface area is 114 Å². The maximum atomic E-state index is 6.34. The molecule has 3 heteroatoms. The van der Waals surface area contributed by atoms with Gasteiger partial charge >= 0.3 is 0 Å². The smallest absolute Gasteiger partial charge is 0.114 e. The van der Waals surface area contributed by atoms with Crippen molar-refractivity contribution < 1.29 is 0 Å². The first kappa shape index (κ1) is 12.2. The lowest BCUT2D eigenvalue weighted by molar-refractivity contribution is 0.197. The molecule has 2 nitrogen and oxygen atoms in total. The quantitative estimate of drug-likeness (QED) is 0.785. The first-order chi connectivity index (χ1) is 8.70. The molecule has 0 aromatic heterocycles. The second-order valence-corrected chi connectivity index (χ2v) is 5.78. The van der Waals surface area contributed by atoms with Crippen LogP contribution in [0.15, 0.2) is 23.2 Å². The first-order valence-electron chi connectivity index (χ1n) is 6.80. The van der Waals surface area contributed by atoms with Gasteiger partial charge in [0.05, 0.1) is 5.69 Å². The van der Waals surface area contributed by atoms with Gasteiger partial charge in [0.25, 0.3) is 0 Å². The van der Waals surface area contributed by atoms with Crippen LogP contribution in [0.5, 0.6) is 0 Å². The number of halogens is 1. The van der Waals surface area contributed by atoms with Crippen molar-refractivity contribution in [1.82, 2.24) is 4.90 Å². The Morgan fingerprint density at radius 3 is 3.06 bits per heavy atom. The average molecular weight is 263 g/mol. The summed E-state index contributed by atoms with van der Waals surface area (Å²) in [6, 6.07) is 6.99. The molecule has 1 aromatic carbocycles. The number of rotatable bonds is 2. The molecule has 0 bridgehead atoms. The van der Waals surface area contributed by atoms with Crippen LogP contribution in [0.3, 0.4) is 0 Å². The summed E-state index contributed by atoms with van der Waals surface area (Å²) in [5.41, 5.74) is 3.88. The molecule has 2 aliphatic rings. The van der Waals surface area contributed by atoms with E-state index in [2.05, 4.69) is 41.9 Å². The summed E-state index contributed by atoms with van der Waals surface area (Å²) < 4.78 is 0. The number of nitrogens with zero attached hydrogens (tertiary/aromatic N) is 2. The maximum absolute atomic E-state index is 6.34. The third-order valence-electron chi connectivity index (χ3n) is 4.12. The number of benzene rings is 1. The van der Waals surface area contributed by atoms with Gasteiger partial charge in [-0.15, -0.1) is 0 Å². The van der Waals surface area contributed by atoms with Crippen molar-refractivity contribution in [3.63, 3.8) is 0 Å². The fraction of sp³-hybridized carbons (Fsp3) is 0.533. The van der Waals surface area contributed by atoms with Crippen LogP contribution in [0.2, 0.25) is 0 Å². The maximum Gasteiger partial charge on any atom is 0.114 e. The van der Waals surface area contributed by atoms with E-state index in [1.807, 2.05) is 0 Å². The van der Waals surface area contributed by atoms with Crippen LogP contribution in [-0.4, -0.2) is 22.7 Å². The van der Waals surface area contributed by atoms with Gasteiger partial charge in [-0.25, -0.2) is 4.99 Å². The van der Waals surface area contributed by atoms with Crippen LogP contribution in [0, 0.1) is 0 Å². The van der Waals surface area contributed by atoms with Crippen LogP contribution in [0.4, 0.5) is 5.69 Å². The Bertz CT molecular complexity index is 495. The van der Waals surface area contributed by atoms with E-state index in [-0.39, 0.29) is 0 Å². The standard InChI is InChI=1S/C15H19ClN2/c1-3-7-18-9-11-5-4-6-13-14(11)12(8-10(18)2)15(16)17-13/h4-6,10,12H,3,7-9H2,1-2H3.